The molecule has 34 heavy (non-hydrogen) atoms. The summed E-state index contributed by atoms with van der Waals surface area (Å²) in [6, 6.07) is 0. The Labute approximate surface area is 193 Å². The van der Waals surface area contributed by atoms with Crippen LogP contribution in [0, 0.1) is 0 Å². The number of esters is 1. The first-order valence-electron chi connectivity index (χ1n) is 10.7. The minimum atomic E-state index is -1.80. The van der Waals surface area contributed by atoms with Crippen LogP contribution in [0.4, 0.5) is 0 Å². The first kappa shape index (κ1) is 27.5. The summed E-state index contributed by atoms with van der Waals surface area (Å²) in [6.45, 7) is 1.49. The van der Waals surface area contributed by atoms with Gasteiger partial charge in [0.1, 0.15) is 54.9 Å². The Morgan fingerprint density at radius 3 is 2.06 bits per heavy atom. The van der Waals surface area contributed by atoms with Gasteiger partial charge in [-0.05, 0) is 6.92 Å². The van der Waals surface area contributed by atoms with E-state index in [-0.39, 0.29) is 6.61 Å². The van der Waals surface area contributed by atoms with Gasteiger partial charge in [0.15, 0.2) is 25.0 Å². The summed E-state index contributed by atoms with van der Waals surface area (Å²) in [5.74, 6) is -0.707. The number of ether oxygens (including phenoxy) is 6. The van der Waals surface area contributed by atoms with Crippen LogP contribution in [0.5, 0.6) is 0 Å². The van der Waals surface area contributed by atoms with Crippen molar-refractivity contribution < 1.29 is 74.1 Å². The minimum absolute atomic E-state index is 0.312. The van der Waals surface area contributed by atoms with E-state index in [0.717, 1.165) is 6.92 Å². The van der Waals surface area contributed by atoms with Gasteiger partial charge >= 0.3 is 5.97 Å². The molecule has 0 amide bonds. The van der Waals surface area contributed by atoms with Crippen LogP contribution in [-0.2, 0) is 33.2 Å². The van der Waals surface area contributed by atoms with Gasteiger partial charge in [-0.2, -0.15) is 0 Å². The third-order valence-electron chi connectivity index (χ3n) is 5.96. The SMILES string of the molecule is CC(=O)O[C@H]1COC(O)[C@H](O[C@@H]2O[C@@H](C)[C@H](O)[C@@H](O[C@@H]3O[C@H](CO)[C@@H](O)[C@H](O)[C@H]3O)[C@H]2O)[C@H]1O. The fraction of sp³-hybridized carbons (Fsp3) is 0.947. The summed E-state index contributed by atoms with van der Waals surface area (Å²) in [4.78, 5) is 11.2. The molecule has 15 heteroatoms. The summed E-state index contributed by atoms with van der Waals surface area (Å²) in [5.41, 5.74) is 0. The molecule has 15 nitrogen and oxygen atoms in total. The lowest BCUT2D eigenvalue weighted by Crippen LogP contribution is -2.65. The highest BCUT2D eigenvalue weighted by molar-refractivity contribution is 5.66. The Bertz CT molecular complexity index is 678. The molecule has 1 unspecified atom stereocenters. The monoisotopic (exact) mass is 500 g/mol. The topological polar surface area (TPSA) is 234 Å². The highest BCUT2D eigenvalue weighted by Crippen LogP contribution is 2.31. The van der Waals surface area contributed by atoms with Gasteiger partial charge in [-0.15, -0.1) is 0 Å². The van der Waals surface area contributed by atoms with E-state index in [9.17, 15) is 45.6 Å². The van der Waals surface area contributed by atoms with Crippen molar-refractivity contribution in [3.63, 3.8) is 0 Å². The van der Waals surface area contributed by atoms with Crippen LogP contribution in [0.15, 0.2) is 0 Å². The molecular formula is C19H32O15. The van der Waals surface area contributed by atoms with Crippen LogP contribution in [0.2, 0.25) is 0 Å². The number of carbonyl (C=O) groups is 1. The van der Waals surface area contributed by atoms with Crippen LogP contribution in [0.1, 0.15) is 13.8 Å². The van der Waals surface area contributed by atoms with E-state index >= 15 is 0 Å². The Morgan fingerprint density at radius 1 is 0.824 bits per heavy atom. The van der Waals surface area contributed by atoms with Crippen LogP contribution in [0.25, 0.3) is 0 Å². The average Bonchev–Trinajstić information content (AvgIpc) is 2.79. The van der Waals surface area contributed by atoms with Crippen LogP contribution in [-0.4, -0.2) is 146 Å². The Morgan fingerprint density at radius 2 is 1.44 bits per heavy atom. The molecule has 3 aliphatic heterocycles. The van der Waals surface area contributed by atoms with Crippen molar-refractivity contribution >= 4 is 5.97 Å². The van der Waals surface area contributed by atoms with Crippen molar-refractivity contribution in [2.24, 2.45) is 0 Å². The predicted molar refractivity (Wildman–Crippen MR) is 103 cm³/mol. The van der Waals surface area contributed by atoms with Crippen molar-refractivity contribution in [1.82, 2.24) is 0 Å². The molecule has 3 heterocycles. The molecular weight excluding hydrogens is 468 g/mol. The smallest absolute Gasteiger partial charge is 0.303 e. The van der Waals surface area contributed by atoms with Crippen molar-refractivity contribution in [3.8, 4) is 0 Å². The maximum absolute atomic E-state index is 11.2. The van der Waals surface area contributed by atoms with E-state index in [4.69, 9.17) is 28.4 Å². The molecule has 0 aliphatic carbocycles. The Hall–Kier alpha value is -1.05. The Kier molecular flexibility index (Phi) is 9.18. The first-order chi connectivity index (χ1) is 16.0. The zero-order valence-electron chi connectivity index (χ0n) is 18.4. The maximum Gasteiger partial charge on any atom is 0.303 e. The molecule has 0 aromatic rings. The van der Waals surface area contributed by atoms with Gasteiger partial charge in [0.25, 0.3) is 0 Å². The molecule has 3 saturated heterocycles. The maximum atomic E-state index is 11.2. The number of hydrogen-bond acceptors (Lipinski definition) is 15. The van der Waals surface area contributed by atoms with Gasteiger partial charge in [-0.3, -0.25) is 4.79 Å². The van der Waals surface area contributed by atoms with E-state index < -0.39 is 98.6 Å². The summed E-state index contributed by atoms with van der Waals surface area (Å²) >= 11 is 0. The zero-order chi connectivity index (χ0) is 25.3. The number of rotatable bonds is 6. The molecule has 0 saturated carbocycles. The second-order valence-corrected chi connectivity index (χ2v) is 8.45. The second-order valence-electron chi connectivity index (χ2n) is 8.45. The van der Waals surface area contributed by atoms with E-state index in [0.29, 0.717) is 0 Å². The third-order valence-corrected chi connectivity index (χ3v) is 5.96. The van der Waals surface area contributed by atoms with Gasteiger partial charge in [-0.1, -0.05) is 0 Å². The molecule has 198 valence electrons. The summed E-state index contributed by atoms with van der Waals surface area (Å²) in [6.07, 6.45) is -21.6. The predicted octanol–water partition coefficient (Wildman–Crippen LogP) is -5.34. The number of carbonyl (C=O) groups excluding carboxylic acids is 1. The normalized spacial score (nSPS) is 50.1. The fourth-order valence-electron chi connectivity index (χ4n) is 3.99. The summed E-state index contributed by atoms with van der Waals surface area (Å²) < 4.78 is 31.7. The van der Waals surface area contributed by atoms with Gasteiger partial charge < -0.3 is 69.3 Å². The van der Waals surface area contributed by atoms with E-state index in [1.54, 1.807) is 0 Å². The van der Waals surface area contributed by atoms with Gasteiger partial charge in [0, 0.05) is 6.92 Å². The average molecular weight is 500 g/mol. The molecule has 0 aromatic heterocycles. The van der Waals surface area contributed by atoms with Gasteiger partial charge in [-0.25, -0.2) is 0 Å². The van der Waals surface area contributed by atoms with Crippen molar-refractivity contribution in [2.45, 2.75) is 99.9 Å². The van der Waals surface area contributed by atoms with Crippen LogP contribution < -0.4 is 0 Å². The molecule has 3 fully saturated rings. The largest absolute Gasteiger partial charge is 0.457 e. The van der Waals surface area contributed by atoms with Gasteiger partial charge in [0.2, 0.25) is 0 Å². The Balaban J connectivity index is 1.72. The van der Waals surface area contributed by atoms with E-state index in [1.807, 2.05) is 0 Å². The zero-order valence-corrected chi connectivity index (χ0v) is 18.4. The lowest BCUT2D eigenvalue weighted by Gasteiger charge is -2.47. The first-order valence-corrected chi connectivity index (χ1v) is 10.7. The van der Waals surface area contributed by atoms with Crippen LogP contribution >= 0.6 is 0 Å². The molecule has 8 N–H and O–H groups in total. The van der Waals surface area contributed by atoms with Crippen molar-refractivity contribution in [1.29, 1.82) is 0 Å². The quantitative estimate of drug-likeness (QED) is 0.159. The highest BCUT2D eigenvalue weighted by atomic mass is 16.8. The van der Waals surface area contributed by atoms with Crippen molar-refractivity contribution in [3.05, 3.63) is 0 Å². The summed E-state index contributed by atoms with van der Waals surface area (Å²) in [7, 11) is 0. The van der Waals surface area contributed by atoms with E-state index in [2.05, 4.69) is 0 Å². The lowest BCUT2D eigenvalue weighted by molar-refractivity contribution is -0.375. The number of hydrogen-bond donors (Lipinski definition) is 8. The highest BCUT2D eigenvalue weighted by Gasteiger charge is 2.52. The minimum Gasteiger partial charge on any atom is -0.457 e. The molecule has 0 radical (unpaired) electrons. The van der Waals surface area contributed by atoms with Crippen molar-refractivity contribution in [2.75, 3.05) is 13.2 Å². The molecule has 3 aliphatic rings. The molecule has 0 aromatic carbocycles. The number of aliphatic hydroxyl groups is 8. The van der Waals surface area contributed by atoms with Crippen LogP contribution in [0.3, 0.4) is 0 Å². The molecule has 14 atom stereocenters. The fourth-order valence-corrected chi connectivity index (χ4v) is 3.99. The van der Waals surface area contributed by atoms with Gasteiger partial charge in [0.05, 0.1) is 19.3 Å². The molecule has 0 bridgehead atoms. The third kappa shape index (κ3) is 5.67. The van der Waals surface area contributed by atoms with E-state index in [1.165, 1.54) is 6.92 Å². The second kappa shape index (κ2) is 11.3. The summed E-state index contributed by atoms with van der Waals surface area (Å²) in [5, 5.41) is 81.2. The number of aliphatic hydroxyl groups excluding tert-OH is 8. The standard InChI is InChI=1S/C19H32O15/c1-5-9(22)15(33-18-13(26)12(25)10(23)7(3-20)32-18)14(27)19(30-5)34-16-11(24)8(31-6(2)21)4-29-17(16)28/h5,7-20,22-28H,3-4H2,1-2H3/t5-,7+,8-,9-,10+,11-,12-,13+,14+,15+,16+,17?,18-,19-/m0/s1. The molecule has 3 rings (SSSR count). The molecule has 0 spiro atoms. The lowest BCUT2D eigenvalue weighted by atomic mass is 9.97.